The van der Waals surface area contributed by atoms with E-state index in [2.05, 4.69) is 11.8 Å². The van der Waals surface area contributed by atoms with Crippen LogP contribution in [0.15, 0.2) is 6.07 Å². The van der Waals surface area contributed by atoms with Gasteiger partial charge in [-0.3, -0.25) is 0 Å². The molecule has 1 fully saturated rings. The minimum atomic E-state index is -0.437. The van der Waals surface area contributed by atoms with Crippen LogP contribution in [-0.2, 0) is 4.74 Å². The predicted molar refractivity (Wildman–Crippen MR) is 108 cm³/mol. The number of carbonyl (C=O) groups excluding carboxylic acids is 1. The maximum absolute atomic E-state index is 12.7. The number of anilines is 1. The number of nitrogens with zero attached hydrogens (tertiary/aromatic N) is 1. The van der Waals surface area contributed by atoms with Gasteiger partial charge in [0.2, 0.25) is 0 Å². The SMILES string of the molecule is CCCCN1CCC(OC(=O)c2cc(Cl)c(N)c3c2OCC(C)O3)CC1.Cl. The van der Waals surface area contributed by atoms with E-state index < -0.39 is 5.97 Å². The van der Waals surface area contributed by atoms with Gasteiger partial charge < -0.3 is 24.8 Å². The summed E-state index contributed by atoms with van der Waals surface area (Å²) >= 11 is 6.18. The molecule has 0 saturated carbocycles. The molecule has 3 rings (SSSR count). The minimum absolute atomic E-state index is 0. The Balaban J connectivity index is 0.00000261. The van der Waals surface area contributed by atoms with Crippen molar-refractivity contribution >= 4 is 35.7 Å². The fourth-order valence-electron chi connectivity index (χ4n) is 3.32. The van der Waals surface area contributed by atoms with E-state index in [1.807, 2.05) is 6.92 Å². The first-order valence-corrected chi connectivity index (χ1v) is 9.72. The highest BCUT2D eigenvalue weighted by molar-refractivity contribution is 6.34. The van der Waals surface area contributed by atoms with Gasteiger partial charge in [-0.15, -0.1) is 12.4 Å². The van der Waals surface area contributed by atoms with Gasteiger partial charge in [-0.25, -0.2) is 4.79 Å². The van der Waals surface area contributed by atoms with Crippen molar-refractivity contribution < 1.29 is 19.0 Å². The maximum Gasteiger partial charge on any atom is 0.342 e. The number of esters is 1. The van der Waals surface area contributed by atoms with E-state index in [0.29, 0.717) is 18.1 Å². The van der Waals surface area contributed by atoms with Crippen molar-refractivity contribution in [1.82, 2.24) is 4.90 Å². The monoisotopic (exact) mass is 418 g/mol. The zero-order valence-electron chi connectivity index (χ0n) is 15.8. The van der Waals surface area contributed by atoms with Crippen molar-refractivity contribution in [3.8, 4) is 11.5 Å². The largest absolute Gasteiger partial charge is 0.485 e. The van der Waals surface area contributed by atoms with E-state index in [4.69, 9.17) is 31.5 Å². The van der Waals surface area contributed by atoms with Crippen LogP contribution in [0.5, 0.6) is 11.5 Å². The Bertz CT molecular complexity index is 664. The van der Waals surface area contributed by atoms with Crippen molar-refractivity contribution in [2.24, 2.45) is 0 Å². The van der Waals surface area contributed by atoms with Gasteiger partial charge in [0.15, 0.2) is 11.5 Å². The zero-order chi connectivity index (χ0) is 18.7. The number of carbonyl (C=O) groups is 1. The molecular weight excluding hydrogens is 391 g/mol. The Morgan fingerprint density at radius 2 is 2.07 bits per heavy atom. The second-order valence-corrected chi connectivity index (χ2v) is 7.42. The molecule has 1 aromatic carbocycles. The summed E-state index contributed by atoms with van der Waals surface area (Å²) in [7, 11) is 0. The van der Waals surface area contributed by atoms with Gasteiger partial charge in [-0.1, -0.05) is 24.9 Å². The van der Waals surface area contributed by atoms with Crippen molar-refractivity contribution in [2.45, 2.75) is 51.7 Å². The molecule has 8 heteroatoms. The van der Waals surface area contributed by atoms with Crippen LogP contribution in [0.4, 0.5) is 5.69 Å². The highest BCUT2D eigenvalue weighted by Crippen LogP contribution is 2.44. The number of halogens is 2. The lowest BCUT2D eigenvalue weighted by molar-refractivity contribution is 0.0103. The van der Waals surface area contributed by atoms with Crippen LogP contribution >= 0.6 is 24.0 Å². The molecule has 6 nitrogen and oxygen atoms in total. The molecule has 1 aromatic rings. The molecule has 1 atom stereocenters. The molecule has 1 unspecified atom stereocenters. The Labute approximate surface area is 171 Å². The van der Waals surface area contributed by atoms with Gasteiger partial charge in [-0.05, 0) is 38.8 Å². The molecular formula is C19H28Cl2N2O4. The Kier molecular flexibility index (Phi) is 7.89. The summed E-state index contributed by atoms with van der Waals surface area (Å²) in [5.74, 6) is 0.223. The molecule has 2 aliphatic rings. The molecule has 0 aromatic heterocycles. The number of benzene rings is 1. The third-order valence-electron chi connectivity index (χ3n) is 4.86. The van der Waals surface area contributed by atoms with Crippen molar-refractivity contribution in [3.63, 3.8) is 0 Å². The second-order valence-electron chi connectivity index (χ2n) is 7.02. The van der Waals surface area contributed by atoms with Crippen LogP contribution in [0, 0.1) is 0 Å². The molecule has 0 radical (unpaired) electrons. The number of nitrogens with two attached hydrogens (primary N) is 1. The van der Waals surface area contributed by atoms with Gasteiger partial charge in [0, 0.05) is 13.1 Å². The molecule has 2 aliphatic heterocycles. The minimum Gasteiger partial charge on any atom is -0.485 e. The lowest BCUT2D eigenvalue weighted by Crippen LogP contribution is -2.38. The molecule has 152 valence electrons. The molecule has 0 bridgehead atoms. The van der Waals surface area contributed by atoms with E-state index in [0.717, 1.165) is 32.5 Å². The molecule has 0 spiro atoms. The maximum atomic E-state index is 12.7. The first-order chi connectivity index (χ1) is 12.5. The molecule has 2 N–H and O–H groups in total. The van der Waals surface area contributed by atoms with Crippen molar-refractivity contribution in [3.05, 3.63) is 16.7 Å². The summed E-state index contributed by atoms with van der Waals surface area (Å²) in [4.78, 5) is 15.1. The van der Waals surface area contributed by atoms with Gasteiger partial charge >= 0.3 is 5.97 Å². The summed E-state index contributed by atoms with van der Waals surface area (Å²) in [6.45, 7) is 7.43. The average Bonchev–Trinajstić information content (AvgIpc) is 2.64. The first kappa shape index (κ1) is 21.9. The predicted octanol–water partition coefficient (Wildman–Crippen LogP) is 3.93. The summed E-state index contributed by atoms with van der Waals surface area (Å²) in [5.41, 5.74) is 6.54. The number of hydrogen-bond acceptors (Lipinski definition) is 6. The Morgan fingerprint density at radius 1 is 1.37 bits per heavy atom. The van der Waals surface area contributed by atoms with E-state index in [1.54, 1.807) is 0 Å². The number of hydrogen-bond donors (Lipinski definition) is 1. The third kappa shape index (κ3) is 5.12. The quantitative estimate of drug-likeness (QED) is 0.576. The number of likely N-dealkylation sites (tertiary alicyclic amines) is 1. The van der Waals surface area contributed by atoms with E-state index in [9.17, 15) is 4.79 Å². The third-order valence-corrected chi connectivity index (χ3v) is 5.17. The van der Waals surface area contributed by atoms with Crippen LogP contribution in [0.1, 0.15) is 49.9 Å². The Morgan fingerprint density at radius 3 is 2.74 bits per heavy atom. The van der Waals surface area contributed by atoms with Crippen LogP contribution in [-0.4, -0.2) is 49.3 Å². The topological polar surface area (TPSA) is 74.0 Å². The van der Waals surface area contributed by atoms with Crippen LogP contribution in [0.2, 0.25) is 5.02 Å². The highest BCUT2D eigenvalue weighted by Gasteiger charge is 2.30. The van der Waals surface area contributed by atoms with Gasteiger partial charge in [-0.2, -0.15) is 0 Å². The normalized spacial score (nSPS) is 20.0. The van der Waals surface area contributed by atoms with Gasteiger partial charge in [0.1, 0.15) is 24.4 Å². The summed E-state index contributed by atoms with van der Waals surface area (Å²) in [6, 6.07) is 1.51. The number of rotatable bonds is 5. The van der Waals surface area contributed by atoms with Crippen LogP contribution in [0.3, 0.4) is 0 Å². The summed E-state index contributed by atoms with van der Waals surface area (Å²) in [6.07, 6.45) is 3.84. The standard InChI is InChI=1S/C19H27ClN2O4.ClH/c1-3-4-7-22-8-5-13(6-9-22)26-19(23)14-10-15(20)16(21)18-17(14)24-11-12(2)25-18;/h10,12-13H,3-9,11,21H2,1-2H3;1H. The fraction of sp³-hybridized carbons (Fsp3) is 0.632. The van der Waals surface area contributed by atoms with Crippen molar-refractivity contribution in [2.75, 3.05) is 32.0 Å². The number of ether oxygens (including phenoxy) is 3. The summed E-state index contributed by atoms with van der Waals surface area (Å²) in [5, 5.41) is 0.266. The Hall–Kier alpha value is -1.37. The fourth-order valence-corrected chi connectivity index (χ4v) is 3.51. The van der Waals surface area contributed by atoms with E-state index >= 15 is 0 Å². The lowest BCUT2D eigenvalue weighted by atomic mass is 10.1. The van der Waals surface area contributed by atoms with E-state index in [-0.39, 0.29) is 40.9 Å². The van der Waals surface area contributed by atoms with Gasteiger partial charge in [0.05, 0.1) is 10.7 Å². The summed E-state index contributed by atoms with van der Waals surface area (Å²) < 4.78 is 17.1. The number of unbranched alkanes of at least 4 members (excludes halogenated alkanes) is 1. The molecule has 2 heterocycles. The molecule has 1 saturated heterocycles. The smallest absolute Gasteiger partial charge is 0.342 e. The molecule has 0 aliphatic carbocycles. The van der Waals surface area contributed by atoms with E-state index in [1.165, 1.54) is 18.9 Å². The number of nitrogen functional groups attached to an aromatic ring is 1. The first-order valence-electron chi connectivity index (χ1n) is 9.34. The van der Waals surface area contributed by atoms with Gasteiger partial charge in [0.25, 0.3) is 0 Å². The molecule has 27 heavy (non-hydrogen) atoms. The van der Waals surface area contributed by atoms with Crippen molar-refractivity contribution in [1.29, 1.82) is 0 Å². The average molecular weight is 419 g/mol. The molecule has 0 amide bonds. The highest BCUT2D eigenvalue weighted by atomic mass is 35.5. The lowest BCUT2D eigenvalue weighted by Gasteiger charge is -2.32. The number of fused-ring (bicyclic) bond motifs is 1. The number of piperidine rings is 1. The van der Waals surface area contributed by atoms with Crippen LogP contribution < -0.4 is 15.2 Å². The zero-order valence-corrected chi connectivity index (χ0v) is 17.4. The second kappa shape index (κ2) is 9.71. The van der Waals surface area contributed by atoms with Crippen LogP contribution in [0.25, 0.3) is 0 Å².